The van der Waals surface area contributed by atoms with Gasteiger partial charge in [-0.1, -0.05) is 19.1 Å². The van der Waals surface area contributed by atoms with Crippen molar-refractivity contribution in [3.05, 3.63) is 30.1 Å². The number of para-hydroxylation sites is 1. The van der Waals surface area contributed by atoms with E-state index >= 15 is 0 Å². The Morgan fingerprint density at radius 1 is 1.20 bits per heavy atom. The monoisotopic (exact) mass is 276 g/mol. The summed E-state index contributed by atoms with van der Waals surface area (Å²) in [5.74, 6) is 0.862. The number of nitrogens with zero attached hydrogens (tertiary/aromatic N) is 2. The number of hydrogen-bond acceptors (Lipinski definition) is 2. The van der Waals surface area contributed by atoms with Crippen molar-refractivity contribution < 1.29 is 9.18 Å². The lowest BCUT2D eigenvalue weighted by Crippen LogP contribution is -2.50. The van der Waals surface area contributed by atoms with Crippen LogP contribution in [0.1, 0.15) is 19.8 Å². The number of benzene rings is 1. The van der Waals surface area contributed by atoms with Crippen molar-refractivity contribution in [2.75, 3.05) is 31.1 Å². The number of carbonyl (C=O) groups is 1. The smallest absolute Gasteiger partial charge is 0.225 e. The van der Waals surface area contributed by atoms with Gasteiger partial charge < -0.3 is 9.80 Å². The van der Waals surface area contributed by atoms with Crippen molar-refractivity contribution in [2.45, 2.75) is 19.8 Å². The molecule has 0 aromatic heterocycles. The lowest BCUT2D eigenvalue weighted by molar-refractivity contribution is -0.135. The molecule has 0 bridgehead atoms. The second-order valence-electron chi connectivity index (χ2n) is 5.89. The van der Waals surface area contributed by atoms with Crippen LogP contribution in [0.15, 0.2) is 24.3 Å². The van der Waals surface area contributed by atoms with Crippen LogP contribution in [0.3, 0.4) is 0 Å². The van der Waals surface area contributed by atoms with E-state index in [1.54, 1.807) is 12.1 Å². The van der Waals surface area contributed by atoms with Crippen LogP contribution in [0.25, 0.3) is 0 Å². The zero-order valence-corrected chi connectivity index (χ0v) is 11.9. The van der Waals surface area contributed by atoms with Gasteiger partial charge in [-0.2, -0.15) is 0 Å². The van der Waals surface area contributed by atoms with Gasteiger partial charge in [-0.3, -0.25) is 4.79 Å². The Bertz CT molecular complexity index is 493. The second-order valence-corrected chi connectivity index (χ2v) is 5.89. The average molecular weight is 276 g/mol. The minimum Gasteiger partial charge on any atom is -0.366 e. The maximum atomic E-state index is 13.7. The Balaban J connectivity index is 1.59. The minimum absolute atomic E-state index is 0.162. The molecule has 3 nitrogen and oxygen atoms in total. The third kappa shape index (κ3) is 2.65. The molecule has 0 spiro atoms. The first kappa shape index (κ1) is 13.4. The SMILES string of the molecule is CC(C(=O)N1CCN(c2ccccc2F)CC1)C1CC1. The van der Waals surface area contributed by atoms with Crippen molar-refractivity contribution in [1.82, 2.24) is 4.90 Å². The van der Waals surface area contributed by atoms with Gasteiger partial charge in [-0.15, -0.1) is 0 Å². The Kier molecular flexibility index (Phi) is 3.64. The molecular weight excluding hydrogens is 255 g/mol. The van der Waals surface area contributed by atoms with Crippen molar-refractivity contribution in [1.29, 1.82) is 0 Å². The number of piperazine rings is 1. The van der Waals surface area contributed by atoms with Gasteiger partial charge in [0.25, 0.3) is 0 Å². The van der Waals surface area contributed by atoms with Crippen LogP contribution in [-0.4, -0.2) is 37.0 Å². The van der Waals surface area contributed by atoms with E-state index in [2.05, 4.69) is 0 Å². The van der Waals surface area contributed by atoms with E-state index < -0.39 is 0 Å². The predicted molar refractivity (Wildman–Crippen MR) is 77.1 cm³/mol. The highest BCUT2D eigenvalue weighted by Crippen LogP contribution is 2.37. The van der Waals surface area contributed by atoms with E-state index in [4.69, 9.17) is 0 Å². The molecule has 0 N–H and O–H groups in total. The van der Waals surface area contributed by atoms with Crippen LogP contribution in [0.5, 0.6) is 0 Å². The number of hydrogen-bond donors (Lipinski definition) is 0. The highest BCUT2D eigenvalue weighted by molar-refractivity contribution is 5.79. The van der Waals surface area contributed by atoms with E-state index in [0.29, 0.717) is 37.8 Å². The number of anilines is 1. The van der Waals surface area contributed by atoms with Gasteiger partial charge in [0.15, 0.2) is 0 Å². The fourth-order valence-electron chi connectivity index (χ4n) is 2.96. The molecule has 20 heavy (non-hydrogen) atoms. The van der Waals surface area contributed by atoms with E-state index in [9.17, 15) is 9.18 Å². The summed E-state index contributed by atoms with van der Waals surface area (Å²) in [6.07, 6.45) is 2.39. The summed E-state index contributed by atoms with van der Waals surface area (Å²) in [6, 6.07) is 6.85. The molecule has 1 saturated heterocycles. The second kappa shape index (κ2) is 5.43. The van der Waals surface area contributed by atoms with Crippen LogP contribution in [-0.2, 0) is 4.79 Å². The molecule has 2 fully saturated rings. The molecule has 1 unspecified atom stereocenters. The summed E-state index contributed by atoms with van der Waals surface area (Å²) in [4.78, 5) is 16.3. The highest BCUT2D eigenvalue weighted by atomic mass is 19.1. The van der Waals surface area contributed by atoms with Crippen molar-refractivity contribution >= 4 is 11.6 Å². The van der Waals surface area contributed by atoms with Gasteiger partial charge in [-0.05, 0) is 30.9 Å². The molecular formula is C16H21FN2O. The molecule has 1 heterocycles. The third-order valence-electron chi connectivity index (χ3n) is 4.50. The first-order valence-corrected chi connectivity index (χ1v) is 7.45. The summed E-state index contributed by atoms with van der Waals surface area (Å²) in [5.41, 5.74) is 0.648. The Morgan fingerprint density at radius 2 is 1.85 bits per heavy atom. The van der Waals surface area contributed by atoms with Gasteiger partial charge in [0, 0.05) is 32.1 Å². The summed E-state index contributed by atoms with van der Waals surface area (Å²) >= 11 is 0. The van der Waals surface area contributed by atoms with E-state index in [0.717, 1.165) is 0 Å². The first-order chi connectivity index (χ1) is 9.66. The standard InChI is InChI=1S/C16H21FN2O/c1-12(13-6-7-13)16(20)19-10-8-18(9-11-19)15-5-3-2-4-14(15)17/h2-5,12-13H,6-11H2,1H3. The van der Waals surface area contributed by atoms with Gasteiger partial charge in [0.2, 0.25) is 5.91 Å². The molecule has 1 aromatic carbocycles. The number of rotatable bonds is 3. The quantitative estimate of drug-likeness (QED) is 0.847. The summed E-state index contributed by atoms with van der Waals surface area (Å²) in [7, 11) is 0. The van der Waals surface area contributed by atoms with Crippen LogP contribution in [0.4, 0.5) is 10.1 Å². The molecule has 4 heteroatoms. The Hall–Kier alpha value is -1.58. The molecule has 1 aromatic rings. The van der Waals surface area contributed by atoms with Crippen molar-refractivity contribution in [3.8, 4) is 0 Å². The molecule has 0 radical (unpaired) electrons. The molecule has 1 aliphatic carbocycles. The maximum Gasteiger partial charge on any atom is 0.225 e. The topological polar surface area (TPSA) is 23.6 Å². The first-order valence-electron chi connectivity index (χ1n) is 7.45. The minimum atomic E-state index is -0.182. The van der Waals surface area contributed by atoms with Gasteiger partial charge in [-0.25, -0.2) is 4.39 Å². The fourth-order valence-corrected chi connectivity index (χ4v) is 2.96. The van der Waals surface area contributed by atoms with Crippen molar-refractivity contribution in [3.63, 3.8) is 0 Å². The molecule has 1 atom stereocenters. The van der Waals surface area contributed by atoms with E-state index in [1.165, 1.54) is 18.9 Å². The fraction of sp³-hybridized carbons (Fsp3) is 0.562. The normalized spacial score (nSPS) is 20.9. The Labute approximate surface area is 119 Å². The van der Waals surface area contributed by atoms with E-state index in [-0.39, 0.29) is 17.6 Å². The highest BCUT2D eigenvalue weighted by Gasteiger charge is 2.35. The van der Waals surface area contributed by atoms with Gasteiger partial charge >= 0.3 is 0 Å². The van der Waals surface area contributed by atoms with Gasteiger partial charge in [0.05, 0.1) is 5.69 Å². The zero-order chi connectivity index (χ0) is 14.1. The number of halogens is 1. The molecule has 2 aliphatic rings. The van der Waals surface area contributed by atoms with Gasteiger partial charge in [0.1, 0.15) is 5.82 Å². The zero-order valence-electron chi connectivity index (χ0n) is 11.9. The summed E-state index contributed by atoms with van der Waals surface area (Å²) < 4.78 is 13.7. The average Bonchev–Trinajstić information content (AvgIpc) is 3.31. The molecule has 1 amide bonds. The van der Waals surface area contributed by atoms with E-state index in [1.807, 2.05) is 22.8 Å². The molecule has 1 aliphatic heterocycles. The van der Waals surface area contributed by atoms with Crippen LogP contribution < -0.4 is 4.90 Å². The summed E-state index contributed by atoms with van der Waals surface area (Å²) in [6.45, 7) is 4.87. The lowest BCUT2D eigenvalue weighted by Gasteiger charge is -2.37. The van der Waals surface area contributed by atoms with Crippen LogP contribution >= 0.6 is 0 Å². The molecule has 108 valence electrons. The third-order valence-corrected chi connectivity index (χ3v) is 4.50. The van der Waals surface area contributed by atoms with Crippen LogP contribution in [0.2, 0.25) is 0 Å². The van der Waals surface area contributed by atoms with Crippen LogP contribution in [0, 0.1) is 17.7 Å². The molecule has 1 saturated carbocycles. The Morgan fingerprint density at radius 3 is 2.45 bits per heavy atom. The largest absolute Gasteiger partial charge is 0.366 e. The molecule has 3 rings (SSSR count). The van der Waals surface area contributed by atoms with Crippen molar-refractivity contribution in [2.24, 2.45) is 11.8 Å². The predicted octanol–water partition coefficient (Wildman–Crippen LogP) is 2.52. The number of carbonyl (C=O) groups excluding carboxylic acids is 1. The summed E-state index contributed by atoms with van der Waals surface area (Å²) in [5, 5.41) is 0. The maximum absolute atomic E-state index is 13.7. The number of amides is 1. The lowest BCUT2D eigenvalue weighted by atomic mass is 10.0.